The largest absolute Gasteiger partial charge is 0.297 e. The molecule has 1 aromatic carbocycles. The van der Waals surface area contributed by atoms with E-state index in [1.165, 1.54) is 22.7 Å². The molecule has 6 heteroatoms. The minimum Gasteiger partial charge on any atom is -0.297 e. The summed E-state index contributed by atoms with van der Waals surface area (Å²) in [5.74, 6) is -0.128. The minimum atomic E-state index is -0.128. The van der Waals surface area contributed by atoms with Gasteiger partial charge in [-0.2, -0.15) is 0 Å². The number of hydrogen-bond acceptors (Lipinski definition) is 4. The molecule has 0 saturated heterocycles. The number of aromatic nitrogens is 1. The van der Waals surface area contributed by atoms with Crippen LogP contribution in [0.3, 0.4) is 0 Å². The van der Waals surface area contributed by atoms with Gasteiger partial charge in [-0.05, 0) is 29.1 Å². The third kappa shape index (κ3) is 2.90. The fourth-order valence-electron chi connectivity index (χ4n) is 1.65. The van der Waals surface area contributed by atoms with E-state index in [0.717, 1.165) is 10.4 Å². The summed E-state index contributed by atoms with van der Waals surface area (Å²) in [4.78, 5) is 17.8. The van der Waals surface area contributed by atoms with Crippen LogP contribution in [0, 0.1) is 0 Å². The first-order valence-corrected chi connectivity index (χ1v) is 7.86. The number of thiazole rings is 1. The van der Waals surface area contributed by atoms with E-state index < -0.39 is 0 Å². The average Bonchev–Trinajstić information content (AvgIpc) is 3.10. The third-order valence-corrected chi connectivity index (χ3v) is 4.68. The number of hydrogen-bond donors (Lipinski definition) is 1. The van der Waals surface area contributed by atoms with E-state index in [9.17, 15) is 4.79 Å². The van der Waals surface area contributed by atoms with Crippen LogP contribution < -0.4 is 5.32 Å². The van der Waals surface area contributed by atoms with Crippen molar-refractivity contribution in [1.29, 1.82) is 0 Å². The lowest BCUT2D eigenvalue weighted by atomic mass is 10.2. The monoisotopic (exact) mass is 320 g/mol. The summed E-state index contributed by atoms with van der Waals surface area (Å²) in [6, 6.07) is 11.2. The molecule has 1 amide bonds. The molecule has 3 aromatic rings. The van der Waals surface area contributed by atoms with Crippen molar-refractivity contribution in [2.24, 2.45) is 0 Å². The van der Waals surface area contributed by atoms with Crippen molar-refractivity contribution in [1.82, 2.24) is 4.98 Å². The van der Waals surface area contributed by atoms with E-state index in [4.69, 9.17) is 11.6 Å². The summed E-state index contributed by atoms with van der Waals surface area (Å²) in [6.07, 6.45) is 1.75. The number of nitrogens with one attached hydrogen (secondary N) is 1. The quantitative estimate of drug-likeness (QED) is 0.754. The molecule has 3 rings (SSSR count). The lowest BCUT2D eigenvalue weighted by Crippen LogP contribution is -2.09. The molecule has 0 unspecified atom stereocenters. The molecule has 0 atom stereocenters. The lowest BCUT2D eigenvalue weighted by molar-refractivity contribution is 0.103. The van der Waals surface area contributed by atoms with Crippen molar-refractivity contribution in [3.8, 4) is 10.4 Å². The first-order valence-electron chi connectivity index (χ1n) is 5.79. The molecular weight excluding hydrogens is 312 g/mol. The van der Waals surface area contributed by atoms with Crippen LogP contribution in [-0.4, -0.2) is 10.9 Å². The van der Waals surface area contributed by atoms with Crippen molar-refractivity contribution in [2.45, 2.75) is 0 Å². The van der Waals surface area contributed by atoms with Gasteiger partial charge in [-0.25, -0.2) is 4.98 Å². The molecule has 100 valence electrons. The fraction of sp³-hybridized carbons (Fsp3) is 0. The van der Waals surface area contributed by atoms with Crippen molar-refractivity contribution in [3.05, 3.63) is 57.9 Å². The molecule has 0 fully saturated rings. The zero-order chi connectivity index (χ0) is 13.9. The highest BCUT2D eigenvalue weighted by Crippen LogP contribution is 2.30. The maximum absolute atomic E-state index is 11.9. The van der Waals surface area contributed by atoms with Crippen LogP contribution in [0.2, 0.25) is 5.02 Å². The molecule has 0 aliphatic carbocycles. The molecule has 0 spiro atoms. The lowest BCUT2D eigenvalue weighted by Gasteiger charge is -1.98. The van der Waals surface area contributed by atoms with Gasteiger partial charge in [0.1, 0.15) is 0 Å². The van der Waals surface area contributed by atoms with Gasteiger partial charge < -0.3 is 0 Å². The Kier molecular flexibility index (Phi) is 3.82. The number of thiophene rings is 1. The minimum absolute atomic E-state index is 0.128. The summed E-state index contributed by atoms with van der Waals surface area (Å²) in [5, 5.41) is 5.96. The summed E-state index contributed by atoms with van der Waals surface area (Å²) >= 11 is 8.70. The van der Waals surface area contributed by atoms with Crippen molar-refractivity contribution in [2.75, 3.05) is 5.32 Å². The number of carbonyl (C=O) groups is 1. The summed E-state index contributed by atoms with van der Waals surface area (Å²) in [7, 11) is 0. The van der Waals surface area contributed by atoms with Gasteiger partial charge in [0.05, 0.1) is 9.75 Å². The van der Waals surface area contributed by atoms with E-state index in [1.54, 1.807) is 12.3 Å². The number of halogens is 1. The topological polar surface area (TPSA) is 42.0 Å². The molecule has 0 aliphatic heterocycles. The Morgan fingerprint density at radius 2 is 2.00 bits per heavy atom. The molecule has 20 heavy (non-hydrogen) atoms. The molecule has 1 N–H and O–H groups in total. The van der Waals surface area contributed by atoms with Gasteiger partial charge in [0.15, 0.2) is 5.13 Å². The van der Waals surface area contributed by atoms with Gasteiger partial charge in [-0.15, -0.1) is 11.3 Å². The van der Waals surface area contributed by atoms with Crippen LogP contribution in [0.1, 0.15) is 9.67 Å². The highest BCUT2D eigenvalue weighted by Gasteiger charge is 2.10. The molecule has 0 saturated carbocycles. The van der Waals surface area contributed by atoms with Crippen LogP contribution in [0.5, 0.6) is 0 Å². The molecule has 0 bridgehead atoms. The Morgan fingerprint density at radius 3 is 2.70 bits per heavy atom. The van der Waals surface area contributed by atoms with Crippen molar-refractivity contribution >= 4 is 45.3 Å². The van der Waals surface area contributed by atoms with E-state index >= 15 is 0 Å². The fourth-order valence-corrected chi connectivity index (χ4v) is 3.21. The van der Waals surface area contributed by atoms with Crippen LogP contribution in [0.25, 0.3) is 10.4 Å². The molecule has 0 radical (unpaired) electrons. The first kappa shape index (κ1) is 13.3. The Bertz CT molecular complexity index is 720. The zero-order valence-corrected chi connectivity index (χ0v) is 12.6. The second kappa shape index (κ2) is 5.75. The standard InChI is InChI=1S/C14H9ClN2OS2/c15-10-5-3-9(4-6-10)12-8-16-14(20-12)17-13(18)11-2-1-7-19-11/h1-8H,(H,16,17,18). The van der Waals surface area contributed by atoms with Crippen molar-refractivity contribution in [3.63, 3.8) is 0 Å². The summed E-state index contributed by atoms with van der Waals surface area (Å²) in [5.41, 5.74) is 1.03. The van der Waals surface area contributed by atoms with E-state index in [-0.39, 0.29) is 5.91 Å². The number of rotatable bonds is 3. The normalized spacial score (nSPS) is 10.4. The first-order chi connectivity index (χ1) is 9.72. The van der Waals surface area contributed by atoms with E-state index in [2.05, 4.69) is 10.3 Å². The van der Waals surface area contributed by atoms with E-state index in [1.807, 2.05) is 35.7 Å². The number of benzene rings is 1. The Hall–Kier alpha value is -1.69. The Balaban J connectivity index is 1.77. The third-order valence-electron chi connectivity index (χ3n) is 2.60. The number of amides is 1. The maximum Gasteiger partial charge on any atom is 0.267 e. The molecular formula is C14H9ClN2OS2. The second-order valence-electron chi connectivity index (χ2n) is 3.97. The van der Waals surface area contributed by atoms with Crippen LogP contribution in [0.4, 0.5) is 5.13 Å². The van der Waals surface area contributed by atoms with Crippen LogP contribution >= 0.6 is 34.3 Å². The molecule has 0 aliphatic rings. The Morgan fingerprint density at radius 1 is 1.20 bits per heavy atom. The van der Waals surface area contributed by atoms with Gasteiger partial charge in [0.25, 0.3) is 5.91 Å². The smallest absolute Gasteiger partial charge is 0.267 e. The summed E-state index contributed by atoms with van der Waals surface area (Å²) in [6.45, 7) is 0. The molecule has 3 nitrogen and oxygen atoms in total. The zero-order valence-electron chi connectivity index (χ0n) is 10.2. The van der Waals surface area contributed by atoms with E-state index in [0.29, 0.717) is 15.0 Å². The van der Waals surface area contributed by atoms with Gasteiger partial charge in [0.2, 0.25) is 0 Å². The number of anilines is 1. The Labute approximate surface area is 128 Å². The predicted molar refractivity (Wildman–Crippen MR) is 84.8 cm³/mol. The number of carbonyl (C=O) groups excluding carboxylic acids is 1. The van der Waals surface area contributed by atoms with Gasteiger partial charge in [0, 0.05) is 11.2 Å². The van der Waals surface area contributed by atoms with Gasteiger partial charge in [-0.3, -0.25) is 10.1 Å². The SMILES string of the molecule is O=C(Nc1ncc(-c2ccc(Cl)cc2)s1)c1cccs1. The predicted octanol–water partition coefficient (Wildman–Crippen LogP) is 4.78. The maximum atomic E-state index is 11.9. The average molecular weight is 321 g/mol. The van der Waals surface area contributed by atoms with Crippen LogP contribution in [0.15, 0.2) is 48.0 Å². The van der Waals surface area contributed by atoms with Crippen molar-refractivity contribution < 1.29 is 4.79 Å². The highest BCUT2D eigenvalue weighted by atomic mass is 35.5. The van der Waals surface area contributed by atoms with Gasteiger partial charge in [-0.1, -0.05) is 41.1 Å². The van der Waals surface area contributed by atoms with Gasteiger partial charge >= 0.3 is 0 Å². The second-order valence-corrected chi connectivity index (χ2v) is 6.38. The van der Waals surface area contributed by atoms with Crippen LogP contribution in [-0.2, 0) is 0 Å². The molecule has 2 aromatic heterocycles. The highest BCUT2D eigenvalue weighted by molar-refractivity contribution is 7.19. The summed E-state index contributed by atoms with van der Waals surface area (Å²) < 4.78 is 0. The number of nitrogens with zero attached hydrogens (tertiary/aromatic N) is 1. The molecule has 2 heterocycles.